The molecule has 0 saturated heterocycles. The van der Waals surface area contributed by atoms with Crippen molar-refractivity contribution in [3.05, 3.63) is 29.8 Å². The zero-order chi connectivity index (χ0) is 19.7. The number of esters is 2. The summed E-state index contributed by atoms with van der Waals surface area (Å²) in [6, 6.07) is 4.00. The number of alkyl halides is 3. The molecule has 0 spiro atoms. The van der Waals surface area contributed by atoms with Crippen LogP contribution in [0.2, 0.25) is 0 Å². The summed E-state index contributed by atoms with van der Waals surface area (Å²) in [5.74, 6) is -2.70. The highest BCUT2D eigenvalue weighted by Gasteiger charge is 2.30. The first-order chi connectivity index (χ1) is 12.1. The van der Waals surface area contributed by atoms with Crippen LogP contribution in [0.5, 0.6) is 5.75 Å². The third-order valence-electron chi connectivity index (χ3n) is 3.00. The summed E-state index contributed by atoms with van der Waals surface area (Å²) in [6.45, 7) is 2.62. The van der Waals surface area contributed by atoms with Crippen LogP contribution in [0.4, 0.5) is 13.2 Å². The summed E-state index contributed by atoms with van der Waals surface area (Å²) in [6.07, 6.45) is -4.85. The molecule has 26 heavy (non-hydrogen) atoms. The van der Waals surface area contributed by atoms with E-state index in [0.29, 0.717) is 6.42 Å². The van der Waals surface area contributed by atoms with Gasteiger partial charge in [0.15, 0.2) is 6.61 Å². The Hall–Kier alpha value is -2.58. The smallest absolute Gasteiger partial charge is 0.416 e. The van der Waals surface area contributed by atoms with Gasteiger partial charge in [0.2, 0.25) is 0 Å². The first-order valence-electron chi connectivity index (χ1n) is 7.83. The molecule has 0 radical (unpaired) electrons. The molecule has 0 bridgehead atoms. The Labute approximate surface area is 148 Å². The van der Waals surface area contributed by atoms with Crippen molar-refractivity contribution < 1.29 is 41.8 Å². The number of benzene rings is 1. The molecule has 1 aromatic rings. The minimum absolute atomic E-state index is 0.0938. The quantitative estimate of drug-likeness (QED) is 0.487. The third kappa shape index (κ3) is 7.54. The molecule has 1 rings (SSSR count). The lowest BCUT2D eigenvalue weighted by molar-refractivity contribution is -0.159. The Balaban J connectivity index is 2.40. The number of hydrogen-bond donors (Lipinski definition) is 0. The molecule has 6 nitrogen and oxygen atoms in total. The highest BCUT2D eigenvalue weighted by molar-refractivity contribution is 6.34. The highest BCUT2D eigenvalue weighted by atomic mass is 19.4. The largest absolute Gasteiger partial charge is 0.490 e. The van der Waals surface area contributed by atoms with Gasteiger partial charge in [-0.05, 0) is 37.6 Å². The van der Waals surface area contributed by atoms with Crippen molar-refractivity contribution >= 4 is 17.7 Å². The number of ketones is 1. The van der Waals surface area contributed by atoms with Gasteiger partial charge >= 0.3 is 18.1 Å². The molecule has 0 saturated carbocycles. The maximum absolute atomic E-state index is 12.5. The molecule has 9 heteroatoms. The van der Waals surface area contributed by atoms with E-state index in [0.717, 1.165) is 24.3 Å². The van der Waals surface area contributed by atoms with Crippen LogP contribution in [0.25, 0.3) is 0 Å². The van der Waals surface area contributed by atoms with E-state index in [2.05, 4.69) is 9.47 Å². The van der Waals surface area contributed by atoms with Crippen molar-refractivity contribution in [1.82, 2.24) is 0 Å². The van der Waals surface area contributed by atoms with Crippen LogP contribution in [-0.4, -0.2) is 37.0 Å². The van der Waals surface area contributed by atoms with E-state index in [4.69, 9.17) is 4.74 Å². The van der Waals surface area contributed by atoms with Crippen molar-refractivity contribution in [2.75, 3.05) is 13.2 Å². The first kappa shape index (κ1) is 21.5. The van der Waals surface area contributed by atoms with E-state index in [1.807, 2.05) is 0 Å². The summed E-state index contributed by atoms with van der Waals surface area (Å²) < 4.78 is 52.0. The van der Waals surface area contributed by atoms with Crippen LogP contribution in [-0.2, 0) is 30.0 Å². The lowest BCUT2D eigenvalue weighted by Gasteiger charge is -2.15. The van der Waals surface area contributed by atoms with Crippen LogP contribution in [0, 0.1) is 0 Å². The maximum Gasteiger partial charge on any atom is 0.416 e. The molecule has 0 aliphatic heterocycles. The van der Waals surface area contributed by atoms with Gasteiger partial charge in [-0.1, -0.05) is 6.92 Å². The minimum atomic E-state index is -4.45. The Bertz CT molecular complexity index is 624. The van der Waals surface area contributed by atoms with Gasteiger partial charge in [-0.2, -0.15) is 13.2 Å². The highest BCUT2D eigenvalue weighted by Crippen LogP contribution is 2.30. The molecule has 144 valence electrons. The lowest BCUT2D eigenvalue weighted by Crippen LogP contribution is -2.26. The molecule has 0 heterocycles. The van der Waals surface area contributed by atoms with Crippen molar-refractivity contribution in [3.63, 3.8) is 0 Å². The topological polar surface area (TPSA) is 78.9 Å². The Morgan fingerprint density at radius 3 is 2.23 bits per heavy atom. The average molecular weight is 376 g/mol. The second kappa shape index (κ2) is 9.79. The minimum Gasteiger partial charge on any atom is -0.490 e. The van der Waals surface area contributed by atoms with Gasteiger partial charge in [-0.3, -0.25) is 9.59 Å². The Morgan fingerprint density at radius 2 is 1.69 bits per heavy atom. The van der Waals surface area contributed by atoms with Gasteiger partial charge < -0.3 is 14.2 Å². The number of rotatable bonds is 9. The summed E-state index contributed by atoms with van der Waals surface area (Å²) >= 11 is 0. The zero-order valence-corrected chi connectivity index (χ0v) is 14.3. The number of carbonyl (C=O) groups excluding carboxylic acids is 3. The molecule has 0 N–H and O–H groups in total. The standard InChI is InChI=1S/C17H19F3O6/c1-3-8-24-16(23)14(21)10-25-15(22)9-11(2)26-13-6-4-12(5-7-13)17(18,19)20/h4-7,11H,3,8-10H2,1-2H3. The van der Waals surface area contributed by atoms with Crippen molar-refractivity contribution in [1.29, 1.82) is 0 Å². The van der Waals surface area contributed by atoms with Gasteiger partial charge in [-0.15, -0.1) is 0 Å². The van der Waals surface area contributed by atoms with Crippen LogP contribution >= 0.6 is 0 Å². The molecule has 1 atom stereocenters. The maximum atomic E-state index is 12.5. The van der Waals surface area contributed by atoms with Crippen molar-refractivity contribution in [2.24, 2.45) is 0 Å². The number of halogens is 3. The van der Waals surface area contributed by atoms with Gasteiger partial charge in [0.25, 0.3) is 5.78 Å². The summed E-state index contributed by atoms with van der Waals surface area (Å²) in [5, 5.41) is 0. The predicted molar refractivity (Wildman–Crippen MR) is 83.4 cm³/mol. The van der Waals surface area contributed by atoms with Crippen LogP contribution in [0.3, 0.4) is 0 Å². The monoisotopic (exact) mass is 376 g/mol. The molecule has 0 fully saturated rings. The third-order valence-corrected chi connectivity index (χ3v) is 3.00. The summed E-state index contributed by atoms with van der Waals surface area (Å²) in [5.41, 5.74) is -0.814. The Kier molecular flexibility index (Phi) is 8.08. The molecular weight excluding hydrogens is 357 g/mol. The van der Waals surface area contributed by atoms with E-state index in [1.165, 1.54) is 6.92 Å². The first-order valence-corrected chi connectivity index (χ1v) is 7.83. The molecular formula is C17H19F3O6. The van der Waals surface area contributed by atoms with Crippen molar-refractivity contribution in [2.45, 2.75) is 39.0 Å². The SMILES string of the molecule is CCCOC(=O)C(=O)COC(=O)CC(C)Oc1ccc(C(F)(F)F)cc1. The van der Waals surface area contributed by atoms with Crippen LogP contribution < -0.4 is 4.74 Å². The number of ether oxygens (including phenoxy) is 3. The summed E-state index contributed by atoms with van der Waals surface area (Å²) in [4.78, 5) is 34.2. The van der Waals surface area contributed by atoms with E-state index < -0.39 is 42.2 Å². The van der Waals surface area contributed by atoms with Gasteiger partial charge in [0.1, 0.15) is 11.9 Å². The fourth-order valence-corrected chi connectivity index (χ4v) is 1.77. The van der Waals surface area contributed by atoms with Crippen LogP contribution in [0.15, 0.2) is 24.3 Å². The molecule has 0 aromatic heterocycles. The van der Waals surface area contributed by atoms with Gasteiger partial charge in [0.05, 0.1) is 18.6 Å². The molecule has 1 unspecified atom stereocenters. The normalized spacial score (nSPS) is 12.2. The summed E-state index contributed by atoms with van der Waals surface area (Å²) in [7, 11) is 0. The number of Topliss-reactive ketones (excluding diaryl/α,β-unsaturated/α-hetero) is 1. The number of carbonyl (C=O) groups is 3. The van der Waals surface area contributed by atoms with Gasteiger partial charge in [-0.25, -0.2) is 4.79 Å². The van der Waals surface area contributed by atoms with E-state index in [1.54, 1.807) is 6.92 Å². The fourth-order valence-electron chi connectivity index (χ4n) is 1.77. The van der Waals surface area contributed by atoms with E-state index in [-0.39, 0.29) is 18.8 Å². The lowest BCUT2D eigenvalue weighted by atomic mass is 10.2. The molecule has 1 aromatic carbocycles. The van der Waals surface area contributed by atoms with Crippen molar-refractivity contribution in [3.8, 4) is 5.75 Å². The Morgan fingerprint density at radius 1 is 1.08 bits per heavy atom. The number of hydrogen-bond acceptors (Lipinski definition) is 6. The fraction of sp³-hybridized carbons (Fsp3) is 0.471. The zero-order valence-electron chi connectivity index (χ0n) is 14.3. The van der Waals surface area contributed by atoms with Crippen LogP contribution in [0.1, 0.15) is 32.3 Å². The second-order valence-electron chi connectivity index (χ2n) is 5.37. The molecule has 0 aliphatic carbocycles. The van der Waals surface area contributed by atoms with Gasteiger partial charge in [0, 0.05) is 0 Å². The second-order valence-corrected chi connectivity index (χ2v) is 5.37. The predicted octanol–water partition coefficient (Wildman–Crippen LogP) is 2.93. The average Bonchev–Trinajstić information content (AvgIpc) is 2.57. The van der Waals surface area contributed by atoms with E-state index >= 15 is 0 Å². The molecule has 0 aliphatic rings. The van der Waals surface area contributed by atoms with E-state index in [9.17, 15) is 27.6 Å². The molecule has 0 amide bonds.